The number of benzene rings is 1. The fourth-order valence-corrected chi connectivity index (χ4v) is 4.20. The summed E-state index contributed by atoms with van der Waals surface area (Å²) in [5.74, 6) is -0.484. The highest BCUT2D eigenvalue weighted by atomic mass is 16.7. The van der Waals surface area contributed by atoms with Crippen LogP contribution in [0.3, 0.4) is 0 Å². The number of rotatable bonds is 8. The molecule has 3 heterocycles. The molecule has 1 fully saturated rings. The van der Waals surface area contributed by atoms with E-state index in [-0.39, 0.29) is 18.1 Å². The molecule has 2 aliphatic rings. The molecular weight excluding hydrogens is 410 g/mol. The first kappa shape index (κ1) is 21.8. The minimum absolute atomic E-state index is 0.0599. The molecular formula is C24H27N3O5. The molecule has 1 aromatic carbocycles. The van der Waals surface area contributed by atoms with Gasteiger partial charge in [-0.05, 0) is 55.9 Å². The van der Waals surface area contributed by atoms with E-state index in [9.17, 15) is 14.7 Å². The Kier molecular flexibility index (Phi) is 6.41. The average Bonchev–Trinajstić information content (AvgIpc) is 3.39. The quantitative estimate of drug-likeness (QED) is 0.386. The molecule has 168 valence electrons. The van der Waals surface area contributed by atoms with Gasteiger partial charge in [-0.2, -0.15) is 0 Å². The smallest absolute Gasteiger partial charge is 0.295 e. The summed E-state index contributed by atoms with van der Waals surface area (Å²) in [5.41, 5.74) is 1.13. The second-order valence-electron chi connectivity index (χ2n) is 7.73. The Labute approximate surface area is 187 Å². The van der Waals surface area contributed by atoms with E-state index in [1.807, 2.05) is 6.07 Å². The number of aliphatic hydroxyl groups is 1. The molecule has 8 nitrogen and oxygen atoms in total. The molecule has 1 unspecified atom stereocenters. The number of hydrogen-bond donors (Lipinski definition) is 1. The number of carbonyl (C=O) groups is 2. The summed E-state index contributed by atoms with van der Waals surface area (Å²) >= 11 is 0. The Morgan fingerprint density at radius 2 is 1.97 bits per heavy atom. The molecule has 0 saturated carbocycles. The Morgan fingerprint density at radius 1 is 1.19 bits per heavy atom. The van der Waals surface area contributed by atoms with Crippen LogP contribution in [0.4, 0.5) is 0 Å². The predicted molar refractivity (Wildman–Crippen MR) is 118 cm³/mol. The van der Waals surface area contributed by atoms with Gasteiger partial charge in [0.15, 0.2) is 11.5 Å². The zero-order valence-corrected chi connectivity index (χ0v) is 18.3. The molecule has 4 rings (SSSR count). The van der Waals surface area contributed by atoms with E-state index >= 15 is 0 Å². The van der Waals surface area contributed by atoms with Gasteiger partial charge in [0.2, 0.25) is 6.79 Å². The maximum atomic E-state index is 13.1. The highest BCUT2D eigenvalue weighted by Crippen LogP contribution is 2.41. The molecule has 1 atom stereocenters. The maximum absolute atomic E-state index is 13.1. The van der Waals surface area contributed by atoms with E-state index in [1.54, 1.807) is 41.6 Å². The van der Waals surface area contributed by atoms with Crippen molar-refractivity contribution >= 4 is 17.4 Å². The van der Waals surface area contributed by atoms with Crippen LogP contribution < -0.4 is 9.47 Å². The lowest BCUT2D eigenvalue weighted by molar-refractivity contribution is -0.140. The summed E-state index contributed by atoms with van der Waals surface area (Å²) < 4.78 is 10.7. The number of fused-ring (bicyclic) bond motifs is 1. The predicted octanol–water partition coefficient (Wildman–Crippen LogP) is 2.96. The molecule has 1 aromatic heterocycles. The SMILES string of the molecule is CCN(CC)CCCN1C(=O)C(=O)/C(=C(/O)c2ccc3c(c2)OCO3)C1c1cccnc1. The topological polar surface area (TPSA) is 92.2 Å². The minimum Gasteiger partial charge on any atom is -0.507 e. The Morgan fingerprint density at radius 3 is 2.69 bits per heavy atom. The van der Waals surface area contributed by atoms with Crippen molar-refractivity contribution in [3.8, 4) is 11.5 Å². The van der Waals surface area contributed by atoms with E-state index in [1.165, 1.54) is 0 Å². The molecule has 0 aliphatic carbocycles. The first-order valence-corrected chi connectivity index (χ1v) is 10.9. The number of hydrogen-bond acceptors (Lipinski definition) is 7. The summed E-state index contributed by atoms with van der Waals surface area (Å²) in [7, 11) is 0. The number of pyridine rings is 1. The van der Waals surface area contributed by atoms with E-state index in [2.05, 4.69) is 23.7 Å². The van der Waals surface area contributed by atoms with Crippen LogP contribution in [0.1, 0.15) is 37.4 Å². The highest BCUT2D eigenvalue weighted by Gasteiger charge is 2.46. The summed E-state index contributed by atoms with van der Waals surface area (Å²) in [4.78, 5) is 34.0. The minimum atomic E-state index is -0.703. The second kappa shape index (κ2) is 9.40. The molecule has 0 spiro atoms. The van der Waals surface area contributed by atoms with E-state index in [4.69, 9.17) is 9.47 Å². The van der Waals surface area contributed by atoms with Crippen molar-refractivity contribution < 1.29 is 24.2 Å². The number of Topliss-reactive ketones (excluding diaryl/α,β-unsaturated/α-hetero) is 1. The van der Waals surface area contributed by atoms with E-state index in [0.29, 0.717) is 29.2 Å². The van der Waals surface area contributed by atoms with Gasteiger partial charge in [-0.15, -0.1) is 0 Å². The van der Waals surface area contributed by atoms with Crippen molar-refractivity contribution in [2.45, 2.75) is 26.3 Å². The third-order valence-electron chi connectivity index (χ3n) is 5.95. The number of ether oxygens (including phenoxy) is 2. The van der Waals surface area contributed by atoms with Crippen LogP contribution in [0.2, 0.25) is 0 Å². The van der Waals surface area contributed by atoms with Crippen molar-refractivity contribution in [1.82, 2.24) is 14.8 Å². The number of nitrogens with zero attached hydrogens (tertiary/aromatic N) is 3. The molecule has 8 heteroatoms. The summed E-state index contributed by atoms with van der Waals surface area (Å²) in [6.07, 6.45) is 3.98. The maximum Gasteiger partial charge on any atom is 0.295 e. The number of aromatic nitrogens is 1. The van der Waals surface area contributed by atoms with Gasteiger partial charge in [-0.3, -0.25) is 14.6 Å². The summed E-state index contributed by atoms with van der Waals surface area (Å²) in [5, 5.41) is 11.1. The van der Waals surface area contributed by atoms with Gasteiger partial charge < -0.3 is 24.4 Å². The third kappa shape index (κ3) is 4.05. The van der Waals surface area contributed by atoms with Crippen LogP contribution in [-0.4, -0.2) is 64.6 Å². The fourth-order valence-electron chi connectivity index (χ4n) is 4.20. The number of ketones is 1. The van der Waals surface area contributed by atoms with Crippen LogP contribution in [0, 0.1) is 0 Å². The fraction of sp³-hybridized carbons (Fsp3) is 0.375. The zero-order chi connectivity index (χ0) is 22.7. The Bertz CT molecular complexity index is 1030. The first-order chi connectivity index (χ1) is 15.5. The molecule has 0 bridgehead atoms. The lowest BCUT2D eigenvalue weighted by atomic mass is 9.96. The standard InChI is InChI=1S/C24H27N3O5/c1-3-26(4-2)11-6-12-27-21(17-7-5-10-25-14-17)20(23(29)24(27)30)22(28)16-8-9-18-19(13-16)32-15-31-18/h5,7-10,13-14,21,28H,3-4,6,11-12,15H2,1-2H3/b22-20+. The lowest BCUT2D eigenvalue weighted by Crippen LogP contribution is -2.33. The molecule has 1 saturated heterocycles. The number of amides is 1. The van der Waals surface area contributed by atoms with Gasteiger partial charge in [-0.25, -0.2) is 0 Å². The van der Waals surface area contributed by atoms with Crippen LogP contribution >= 0.6 is 0 Å². The molecule has 1 amide bonds. The first-order valence-electron chi connectivity index (χ1n) is 10.9. The van der Waals surface area contributed by atoms with Crippen molar-refractivity contribution in [2.24, 2.45) is 0 Å². The normalized spacial score (nSPS) is 19.2. The van der Waals surface area contributed by atoms with Crippen LogP contribution in [-0.2, 0) is 9.59 Å². The lowest BCUT2D eigenvalue weighted by Gasteiger charge is -2.26. The van der Waals surface area contributed by atoms with Gasteiger partial charge in [0.25, 0.3) is 11.7 Å². The summed E-state index contributed by atoms with van der Waals surface area (Å²) in [6, 6.07) is 7.81. The van der Waals surface area contributed by atoms with Gasteiger partial charge in [0.1, 0.15) is 5.76 Å². The van der Waals surface area contributed by atoms with E-state index in [0.717, 1.165) is 26.1 Å². The van der Waals surface area contributed by atoms with Crippen molar-refractivity contribution in [2.75, 3.05) is 33.0 Å². The number of likely N-dealkylation sites (tertiary alicyclic amines) is 1. The second-order valence-corrected chi connectivity index (χ2v) is 7.73. The largest absolute Gasteiger partial charge is 0.507 e. The molecule has 0 radical (unpaired) electrons. The van der Waals surface area contributed by atoms with Gasteiger partial charge in [0.05, 0.1) is 11.6 Å². The van der Waals surface area contributed by atoms with Crippen molar-refractivity contribution in [3.05, 3.63) is 59.4 Å². The zero-order valence-electron chi connectivity index (χ0n) is 18.3. The third-order valence-corrected chi connectivity index (χ3v) is 5.95. The molecule has 1 N–H and O–H groups in total. The Hall–Kier alpha value is -3.39. The molecule has 32 heavy (non-hydrogen) atoms. The molecule has 2 aliphatic heterocycles. The molecule has 2 aromatic rings. The number of aliphatic hydroxyl groups excluding tert-OH is 1. The van der Waals surface area contributed by atoms with Gasteiger partial charge >= 0.3 is 0 Å². The van der Waals surface area contributed by atoms with Crippen LogP contribution in [0.15, 0.2) is 48.3 Å². The Balaban J connectivity index is 1.71. The van der Waals surface area contributed by atoms with Crippen LogP contribution in [0.25, 0.3) is 5.76 Å². The average molecular weight is 437 g/mol. The number of carbonyl (C=O) groups excluding carboxylic acids is 2. The van der Waals surface area contributed by atoms with Crippen molar-refractivity contribution in [1.29, 1.82) is 0 Å². The monoisotopic (exact) mass is 437 g/mol. The van der Waals surface area contributed by atoms with Crippen molar-refractivity contribution in [3.63, 3.8) is 0 Å². The highest BCUT2D eigenvalue weighted by molar-refractivity contribution is 6.46. The van der Waals surface area contributed by atoms with Gasteiger partial charge in [-0.1, -0.05) is 19.9 Å². The van der Waals surface area contributed by atoms with E-state index < -0.39 is 17.7 Å². The van der Waals surface area contributed by atoms with Crippen LogP contribution in [0.5, 0.6) is 11.5 Å². The summed E-state index contributed by atoms with van der Waals surface area (Å²) in [6.45, 7) is 7.35. The van der Waals surface area contributed by atoms with Gasteiger partial charge in [0, 0.05) is 24.5 Å².